The van der Waals surface area contributed by atoms with Gasteiger partial charge in [0.15, 0.2) is 17.3 Å². The number of aromatic hydroxyl groups is 5. The highest BCUT2D eigenvalue weighted by atomic mass is 16.5. The molecule has 5 N–H and O–H groups in total. The number of hydrogen-bond donors (Lipinski definition) is 5. The average Bonchev–Trinajstić information content (AvgIpc) is 2.84. The van der Waals surface area contributed by atoms with Crippen LogP contribution in [0.5, 0.6) is 40.2 Å². The number of phenols is 5. The number of phenolic OH excluding ortho intramolecular Hbond substituents is 5. The lowest BCUT2D eigenvalue weighted by atomic mass is 9.87. The lowest BCUT2D eigenvalue weighted by Crippen LogP contribution is -2.29. The molecule has 0 aromatic heterocycles. The van der Waals surface area contributed by atoms with Gasteiger partial charge in [-0.05, 0) is 64.5 Å². The average molecular weight is 531 g/mol. The molecule has 0 saturated carbocycles. The predicted octanol–water partition coefficient (Wildman–Crippen LogP) is 6.28. The number of carbonyl (C=O) groups excluding carboxylic acids is 1. The number of benzene rings is 3. The monoisotopic (exact) mass is 530 g/mol. The molecule has 2 heterocycles. The van der Waals surface area contributed by atoms with Crippen molar-refractivity contribution in [2.75, 3.05) is 0 Å². The molecular formula is C31H30O8. The molecule has 0 spiro atoms. The lowest BCUT2D eigenvalue weighted by Gasteiger charge is -2.33. The molecule has 0 saturated heterocycles. The number of hydrogen-bond acceptors (Lipinski definition) is 8. The second-order valence-electron chi connectivity index (χ2n) is 10.7. The van der Waals surface area contributed by atoms with Crippen molar-refractivity contribution in [2.45, 2.75) is 52.2 Å². The quantitative estimate of drug-likeness (QED) is 0.151. The van der Waals surface area contributed by atoms with Gasteiger partial charge >= 0.3 is 0 Å². The molecule has 3 aromatic rings. The van der Waals surface area contributed by atoms with Gasteiger partial charge in [-0.15, -0.1) is 0 Å². The minimum Gasteiger partial charge on any atom is -0.508 e. The van der Waals surface area contributed by atoms with Crippen LogP contribution in [0.1, 0.15) is 67.3 Å². The van der Waals surface area contributed by atoms with Crippen molar-refractivity contribution < 1.29 is 39.8 Å². The first kappa shape index (κ1) is 26.0. The molecule has 3 aromatic carbocycles. The Labute approximate surface area is 225 Å². The molecule has 0 bridgehead atoms. The van der Waals surface area contributed by atoms with Crippen molar-refractivity contribution in [3.05, 3.63) is 70.3 Å². The van der Waals surface area contributed by atoms with Crippen LogP contribution in [-0.2, 0) is 6.42 Å². The molecular weight excluding hydrogens is 500 g/mol. The van der Waals surface area contributed by atoms with Crippen LogP contribution in [0, 0.1) is 0 Å². The van der Waals surface area contributed by atoms with Crippen LogP contribution < -0.4 is 9.47 Å². The number of allylic oxidation sites excluding steroid dienone is 2. The fraction of sp³-hybridized carbons (Fsp3) is 0.258. The molecule has 202 valence electrons. The maximum absolute atomic E-state index is 13.5. The van der Waals surface area contributed by atoms with Gasteiger partial charge in [0.25, 0.3) is 0 Å². The van der Waals surface area contributed by atoms with Crippen molar-refractivity contribution in [1.82, 2.24) is 0 Å². The highest BCUT2D eigenvalue weighted by Gasteiger charge is 2.37. The van der Waals surface area contributed by atoms with Crippen molar-refractivity contribution in [3.63, 3.8) is 0 Å². The first-order valence-corrected chi connectivity index (χ1v) is 12.6. The molecule has 0 radical (unpaired) electrons. The van der Waals surface area contributed by atoms with Crippen LogP contribution in [-0.4, -0.2) is 36.9 Å². The summed E-state index contributed by atoms with van der Waals surface area (Å²) in [4.78, 5) is 13.5. The first-order valence-electron chi connectivity index (χ1n) is 12.6. The van der Waals surface area contributed by atoms with E-state index >= 15 is 0 Å². The van der Waals surface area contributed by atoms with Crippen molar-refractivity contribution in [2.24, 2.45) is 0 Å². The van der Waals surface area contributed by atoms with Crippen molar-refractivity contribution in [1.29, 1.82) is 0 Å². The van der Waals surface area contributed by atoms with Gasteiger partial charge in [0.1, 0.15) is 40.5 Å². The van der Waals surface area contributed by atoms with E-state index in [1.165, 1.54) is 12.1 Å². The molecule has 5 rings (SSSR count). The summed E-state index contributed by atoms with van der Waals surface area (Å²) in [6, 6.07) is 6.52. The minimum absolute atomic E-state index is 0.00610. The fourth-order valence-corrected chi connectivity index (χ4v) is 4.98. The van der Waals surface area contributed by atoms with Gasteiger partial charge in [0.05, 0.1) is 17.5 Å². The zero-order valence-electron chi connectivity index (χ0n) is 22.1. The molecule has 0 aliphatic carbocycles. The van der Waals surface area contributed by atoms with Crippen molar-refractivity contribution in [3.8, 4) is 51.4 Å². The Morgan fingerprint density at radius 1 is 0.974 bits per heavy atom. The Morgan fingerprint density at radius 2 is 1.72 bits per heavy atom. The van der Waals surface area contributed by atoms with E-state index in [2.05, 4.69) is 0 Å². The highest BCUT2D eigenvalue weighted by Crippen LogP contribution is 2.52. The smallest absolute Gasteiger partial charge is 0.170 e. The number of ether oxygens (including phenoxy) is 2. The number of carbonyl (C=O) groups is 1. The third-order valence-electron chi connectivity index (χ3n) is 6.94. The number of ketones is 1. The zero-order valence-corrected chi connectivity index (χ0v) is 22.1. The zero-order chi connectivity index (χ0) is 28.2. The van der Waals surface area contributed by atoms with E-state index in [0.717, 1.165) is 28.8 Å². The van der Waals surface area contributed by atoms with Crippen molar-refractivity contribution >= 4 is 11.9 Å². The van der Waals surface area contributed by atoms with Crippen LogP contribution in [0.4, 0.5) is 0 Å². The van der Waals surface area contributed by atoms with Crippen LogP contribution >= 0.6 is 0 Å². The minimum atomic E-state index is -1.14. The molecule has 8 heteroatoms. The largest absolute Gasteiger partial charge is 0.508 e. The Morgan fingerprint density at radius 3 is 2.41 bits per heavy atom. The van der Waals surface area contributed by atoms with Gasteiger partial charge in [-0.1, -0.05) is 17.7 Å². The Bertz CT molecular complexity index is 1570. The Balaban J connectivity index is 1.67. The Hall–Kier alpha value is -4.59. The van der Waals surface area contributed by atoms with Crippen LogP contribution in [0.25, 0.3) is 17.2 Å². The fourth-order valence-electron chi connectivity index (χ4n) is 4.98. The van der Waals surface area contributed by atoms with Gasteiger partial charge < -0.3 is 35.0 Å². The van der Waals surface area contributed by atoms with Crippen LogP contribution in [0.3, 0.4) is 0 Å². The van der Waals surface area contributed by atoms with E-state index < -0.39 is 29.0 Å². The van der Waals surface area contributed by atoms with Gasteiger partial charge in [0.2, 0.25) is 0 Å². The first-order chi connectivity index (χ1) is 18.4. The summed E-state index contributed by atoms with van der Waals surface area (Å²) in [6.07, 6.45) is 4.98. The topological polar surface area (TPSA) is 137 Å². The standard InChI is InChI=1S/C31H30O8/c1-15(2)5-7-19-18-9-10-31(3,4)39-25(18)13-21-23(34)14-26(38-30(19)21)27-28(36)20(12-24(35)29(27)37)17-8-6-16(32)11-22(17)33/h5-6,8-13,26,32-33,35-37H,7,14H2,1-4H3. The summed E-state index contributed by atoms with van der Waals surface area (Å²) >= 11 is 0. The van der Waals surface area contributed by atoms with E-state index in [4.69, 9.17) is 9.47 Å². The summed E-state index contributed by atoms with van der Waals surface area (Å²) in [6.45, 7) is 7.78. The Kier molecular flexibility index (Phi) is 6.21. The van der Waals surface area contributed by atoms with E-state index in [1.54, 1.807) is 6.07 Å². The van der Waals surface area contributed by atoms with E-state index in [-0.39, 0.29) is 40.4 Å². The SMILES string of the molecule is CC(C)=CCc1c2c(cc3c1OC(c1c(O)c(O)cc(-c4ccc(O)cc4O)c1O)CC3=O)OC(C)(C)C=C2. The summed E-state index contributed by atoms with van der Waals surface area (Å²) in [5, 5.41) is 52.6. The van der Waals surface area contributed by atoms with Gasteiger partial charge in [-0.3, -0.25) is 4.79 Å². The molecule has 0 fully saturated rings. The molecule has 2 aliphatic heterocycles. The molecule has 39 heavy (non-hydrogen) atoms. The molecule has 2 aliphatic rings. The summed E-state index contributed by atoms with van der Waals surface area (Å²) in [5.41, 5.74) is 2.27. The summed E-state index contributed by atoms with van der Waals surface area (Å²) in [7, 11) is 0. The second kappa shape index (κ2) is 9.31. The highest BCUT2D eigenvalue weighted by molar-refractivity contribution is 6.02. The van der Waals surface area contributed by atoms with Gasteiger partial charge in [-0.2, -0.15) is 0 Å². The van der Waals surface area contributed by atoms with E-state index in [0.29, 0.717) is 23.5 Å². The molecule has 1 unspecified atom stereocenters. The van der Waals surface area contributed by atoms with Gasteiger partial charge in [0, 0.05) is 28.3 Å². The third kappa shape index (κ3) is 4.63. The second-order valence-corrected chi connectivity index (χ2v) is 10.7. The summed E-state index contributed by atoms with van der Waals surface area (Å²) in [5.74, 6) is -1.61. The van der Waals surface area contributed by atoms with E-state index in [9.17, 15) is 30.3 Å². The third-order valence-corrected chi connectivity index (χ3v) is 6.94. The van der Waals surface area contributed by atoms with Gasteiger partial charge in [-0.25, -0.2) is 0 Å². The van der Waals surface area contributed by atoms with Crippen LogP contribution in [0.15, 0.2) is 48.1 Å². The molecule has 8 nitrogen and oxygen atoms in total. The van der Waals surface area contributed by atoms with E-state index in [1.807, 2.05) is 45.9 Å². The number of rotatable bonds is 4. The maximum atomic E-state index is 13.5. The predicted molar refractivity (Wildman–Crippen MR) is 146 cm³/mol. The van der Waals surface area contributed by atoms with Crippen LogP contribution in [0.2, 0.25) is 0 Å². The maximum Gasteiger partial charge on any atom is 0.170 e. The summed E-state index contributed by atoms with van der Waals surface area (Å²) < 4.78 is 12.5. The molecule has 1 atom stereocenters. The number of Topliss-reactive ketones (excluding diaryl/α,β-unsaturated/α-hetero) is 1. The number of fused-ring (bicyclic) bond motifs is 2. The lowest BCUT2D eigenvalue weighted by molar-refractivity contribution is 0.0837. The normalized spacial score (nSPS) is 17.0. The molecule has 0 amide bonds.